The molecule has 0 aliphatic heterocycles. The van der Waals surface area contributed by atoms with Crippen LogP contribution in [0.15, 0.2) is 97.2 Å². The van der Waals surface area contributed by atoms with Crippen LogP contribution in [0.25, 0.3) is 0 Å². The van der Waals surface area contributed by atoms with Crippen LogP contribution >= 0.6 is 7.82 Å². The summed E-state index contributed by atoms with van der Waals surface area (Å²) in [5.74, 6) is -0.212. The van der Waals surface area contributed by atoms with E-state index in [0.29, 0.717) is 17.4 Å². The van der Waals surface area contributed by atoms with Gasteiger partial charge in [-0.05, 0) is 84.0 Å². The zero-order chi connectivity index (χ0) is 40.0. The summed E-state index contributed by atoms with van der Waals surface area (Å²) >= 11 is 0. The molecule has 8 nitrogen and oxygen atoms in total. The summed E-state index contributed by atoms with van der Waals surface area (Å²) in [5, 5.41) is 13.7. The molecule has 308 valence electrons. The van der Waals surface area contributed by atoms with Crippen LogP contribution in [0.5, 0.6) is 0 Å². The van der Waals surface area contributed by atoms with Crippen LogP contribution in [-0.2, 0) is 18.4 Å². The number of amides is 1. The normalized spacial score (nSPS) is 15.5. The van der Waals surface area contributed by atoms with Gasteiger partial charge in [0.2, 0.25) is 5.91 Å². The van der Waals surface area contributed by atoms with Gasteiger partial charge in [-0.3, -0.25) is 13.8 Å². The summed E-state index contributed by atoms with van der Waals surface area (Å²) in [4.78, 5) is 23.0. The zero-order valence-corrected chi connectivity index (χ0v) is 35.6. The molecule has 0 rings (SSSR count). The Bertz CT molecular complexity index is 1190. The molecule has 0 aromatic rings. The number of aliphatic hydroxyl groups excluding tert-OH is 1. The number of phosphoric acid groups is 1. The van der Waals surface area contributed by atoms with Crippen molar-refractivity contribution >= 4 is 13.7 Å². The van der Waals surface area contributed by atoms with Crippen molar-refractivity contribution in [2.75, 3.05) is 40.9 Å². The molecule has 54 heavy (non-hydrogen) atoms. The van der Waals surface area contributed by atoms with Crippen molar-refractivity contribution in [3.63, 3.8) is 0 Å². The highest BCUT2D eigenvalue weighted by Gasteiger charge is 2.27. The van der Waals surface area contributed by atoms with E-state index in [1.807, 2.05) is 40.2 Å². The largest absolute Gasteiger partial charge is 0.472 e. The van der Waals surface area contributed by atoms with E-state index in [-0.39, 0.29) is 19.1 Å². The number of carbonyl (C=O) groups is 1. The fourth-order valence-electron chi connectivity index (χ4n) is 5.10. The van der Waals surface area contributed by atoms with Crippen LogP contribution in [0.2, 0.25) is 0 Å². The molecular formula is C45H78N2O6P+. The number of allylic oxidation sites excluding steroid dienone is 15. The number of aliphatic hydroxyl groups is 1. The molecule has 0 bridgehead atoms. The summed E-state index contributed by atoms with van der Waals surface area (Å²) in [6.07, 6.45) is 50.7. The van der Waals surface area contributed by atoms with Crippen LogP contribution in [0.1, 0.15) is 129 Å². The van der Waals surface area contributed by atoms with E-state index in [0.717, 1.165) is 89.9 Å². The number of hydrogen-bond acceptors (Lipinski definition) is 5. The summed E-state index contributed by atoms with van der Waals surface area (Å²) in [7, 11) is 1.51. The summed E-state index contributed by atoms with van der Waals surface area (Å²) in [5.41, 5.74) is 0. The van der Waals surface area contributed by atoms with Gasteiger partial charge >= 0.3 is 7.82 Å². The summed E-state index contributed by atoms with van der Waals surface area (Å²) < 4.78 is 23.4. The first-order chi connectivity index (χ1) is 26.0. The van der Waals surface area contributed by atoms with Gasteiger partial charge in [-0.2, -0.15) is 0 Å². The van der Waals surface area contributed by atoms with Gasteiger partial charge in [0.05, 0.1) is 39.9 Å². The molecular weight excluding hydrogens is 695 g/mol. The lowest BCUT2D eigenvalue weighted by Crippen LogP contribution is -2.45. The van der Waals surface area contributed by atoms with Gasteiger partial charge in [0, 0.05) is 6.42 Å². The van der Waals surface area contributed by atoms with Crippen molar-refractivity contribution in [2.24, 2.45) is 0 Å². The predicted octanol–water partition coefficient (Wildman–Crippen LogP) is 11.2. The minimum Gasteiger partial charge on any atom is -0.387 e. The van der Waals surface area contributed by atoms with Gasteiger partial charge in [0.25, 0.3) is 0 Å². The Morgan fingerprint density at radius 3 is 1.70 bits per heavy atom. The number of likely N-dealkylation sites (N-methyl/N-ethyl adjacent to an activating group) is 1. The second-order valence-corrected chi connectivity index (χ2v) is 16.1. The van der Waals surface area contributed by atoms with E-state index < -0.39 is 20.0 Å². The Morgan fingerprint density at radius 2 is 1.15 bits per heavy atom. The molecule has 0 aromatic heterocycles. The van der Waals surface area contributed by atoms with Crippen LogP contribution in [-0.4, -0.2) is 73.4 Å². The molecule has 3 atom stereocenters. The second kappa shape index (κ2) is 36.1. The predicted molar refractivity (Wildman–Crippen MR) is 230 cm³/mol. The number of hydrogen-bond donors (Lipinski definition) is 3. The van der Waals surface area contributed by atoms with E-state index >= 15 is 0 Å². The van der Waals surface area contributed by atoms with Gasteiger partial charge < -0.3 is 19.8 Å². The third-order valence-electron chi connectivity index (χ3n) is 8.36. The molecule has 0 saturated carbocycles. The van der Waals surface area contributed by atoms with E-state index in [1.54, 1.807) is 6.08 Å². The van der Waals surface area contributed by atoms with Crippen LogP contribution < -0.4 is 5.32 Å². The molecule has 0 aliphatic rings. The van der Waals surface area contributed by atoms with E-state index in [4.69, 9.17) is 9.05 Å². The minimum absolute atomic E-state index is 0.0450. The molecule has 9 heteroatoms. The first-order valence-electron chi connectivity index (χ1n) is 20.6. The number of rotatable bonds is 35. The van der Waals surface area contributed by atoms with Crippen molar-refractivity contribution in [2.45, 2.75) is 142 Å². The topological polar surface area (TPSA) is 105 Å². The molecule has 0 heterocycles. The number of nitrogens with one attached hydrogen (secondary N) is 1. The highest BCUT2D eigenvalue weighted by Crippen LogP contribution is 2.43. The van der Waals surface area contributed by atoms with Crippen molar-refractivity contribution in [3.8, 4) is 0 Å². The summed E-state index contributed by atoms with van der Waals surface area (Å²) in [6.45, 7) is 4.39. The lowest BCUT2D eigenvalue weighted by Gasteiger charge is -2.25. The highest BCUT2D eigenvalue weighted by atomic mass is 31.2. The van der Waals surface area contributed by atoms with Gasteiger partial charge in [0.1, 0.15) is 13.2 Å². The fourth-order valence-corrected chi connectivity index (χ4v) is 5.84. The molecule has 0 fully saturated rings. The average molecular weight is 774 g/mol. The van der Waals surface area contributed by atoms with Gasteiger partial charge in [-0.1, -0.05) is 136 Å². The number of nitrogens with zero attached hydrogens (tertiary/aromatic N) is 1. The standard InChI is InChI=1S/C45H77N2O6P/c1-6-8-10-12-14-16-17-18-19-20-21-22-23-24-25-26-27-28-29-31-33-35-37-39-45(49)46-43(42-53-54(50,51)52-41-40-47(3,4)5)44(48)38-36-34-32-30-15-13-11-9-7-2/h7-10,14-16,18-19,21-22,24-25,30,36,38,43-44,48H,6,11-13,17,20,23,26-29,31-35,37,39-42H2,1-5H3,(H-,46,49,50,51)/p+1/b9-7+,10-8-,16-14-,19-18-,22-21-,25-24-,30-15+,38-36+. The molecule has 3 unspecified atom stereocenters. The Morgan fingerprint density at radius 1 is 0.667 bits per heavy atom. The summed E-state index contributed by atoms with van der Waals surface area (Å²) in [6, 6.07) is -0.879. The maximum Gasteiger partial charge on any atom is 0.472 e. The maximum atomic E-state index is 12.8. The molecule has 0 saturated heterocycles. The lowest BCUT2D eigenvalue weighted by atomic mass is 10.1. The zero-order valence-electron chi connectivity index (χ0n) is 34.7. The number of unbranched alkanes of at least 4 members (excludes halogenated alkanes) is 9. The quantitative estimate of drug-likeness (QED) is 0.0256. The minimum atomic E-state index is -4.35. The van der Waals surface area contributed by atoms with Crippen molar-refractivity contribution in [3.05, 3.63) is 97.2 Å². The maximum absolute atomic E-state index is 12.8. The number of carbonyl (C=O) groups excluding carboxylic acids is 1. The molecule has 0 aliphatic carbocycles. The Labute approximate surface area is 330 Å². The van der Waals surface area contributed by atoms with E-state index in [2.05, 4.69) is 91.2 Å². The molecule has 0 aromatic carbocycles. The molecule has 0 spiro atoms. The third kappa shape index (κ3) is 37.7. The van der Waals surface area contributed by atoms with Crippen LogP contribution in [0.4, 0.5) is 0 Å². The lowest BCUT2D eigenvalue weighted by molar-refractivity contribution is -0.870. The Hall–Kier alpha value is -2.58. The molecule has 1 amide bonds. The Kier molecular flexibility index (Phi) is 34.4. The van der Waals surface area contributed by atoms with Crippen molar-refractivity contribution < 1.29 is 32.9 Å². The monoisotopic (exact) mass is 774 g/mol. The smallest absolute Gasteiger partial charge is 0.387 e. The Balaban J connectivity index is 4.37. The average Bonchev–Trinajstić information content (AvgIpc) is 3.12. The molecule has 0 radical (unpaired) electrons. The van der Waals surface area contributed by atoms with E-state index in [1.165, 1.54) is 19.3 Å². The SMILES string of the molecule is C/C=C/CC/C=C/CC/C=C/C(O)C(COP(=O)(O)OCC[N+](C)(C)C)NC(=O)CCCCCCCCC/C=C\C/C=C\C/C=C\C/C=C\C/C=C\CC. The number of phosphoric ester groups is 1. The van der Waals surface area contributed by atoms with E-state index in [9.17, 15) is 19.4 Å². The first kappa shape index (κ1) is 51.4. The van der Waals surface area contributed by atoms with Crippen LogP contribution in [0.3, 0.4) is 0 Å². The first-order valence-corrected chi connectivity index (χ1v) is 22.1. The van der Waals surface area contributed by atoms with Gasteiger partial charge in [-0.15, -0.1) is 0 Å². The van der Waals surface area contributed by atoms with Gasteiger partial charge in [0.15, 0.2) is 0 Å². The molecule has 3 N–H and O–H groups in total. The van der Waals surface area contributed by atoms with Crippen molar-refractivity contribution in [1.82, 2.24) is 5.32 Å². The fraction of sp³-hybridized carbons (Fsp3) is 0.622. The van der Waals surface area contributed by atoms with Crippen LogP contribution in [0, 0.1) is 0 Å². The third-order valence-corrected chi connectivity index (χ3v) is 9.34. The highest BCUT2D eigenvalue weighted by molar-refractivity contribution is 7.47. The number of quaternary nitrogens is 1. The van der Waals surface area contributed by atoms with Crippen molar-refractivity contribution in [1.29, 1.82) is 0 Å². The second-order valence-electron chi connectivity index (χ2n) is 14.6. The van der Waals surface area contributed by atoms with Gasteiger partial charge in [-0.25, -0.2) is 4.57 Å².